The first-order valence-electron chi connectivity index (χ1n) is 5.47. The maximum Gasteiger partial charge on any atom is 0.310 e. The second kappa shape index (κ2) is 4.82. The first kappa shape index (κ1) is 11.4. The highest BCUT2D eigenvalue weighted by Gasteiger charge is 2.08. The van der Waals surface area contributed by atoms with E-state index >= 15 is 0 Å². The van der Waals surface area contributed by atoms with Crippen molar-refractivity contribution < 1.29 is 9.53 Å². The van der Waals surface area contributed by atoms with E-state index in [0.29, 0.717) is 17.5 Å². The van der Waals surface area contributed by atoms with Crippen LogP contribution in [0.25, 0.3) is 10.9 Å². The van der Waals surface area contributed by atoms with E-state index in [-0.39, 0.29) is 17.8 Å². The normalized spacial score (nSPS) is 10.4. The quantitative estimate of drug-likeness (QED) is 0.817. The van der Waals surface area contributed by atoms with Crippen LogP contribution in [0.1, 0.15) is 12.5 Å². The molecular formula is C13H13NO3. The van der Waals surface area contributed by atoms with E-state index in [1.54, 1.807) is 25.3 Å². The number of carbonyl (C=O) groups excluding carboxylic acids is 1. The smallest absolute Gasteiger partial charge is 0.310 e. The minimum atomic E-state index is -0.287. The van der Waals surface area contributed by atoms with Crippen LogP contribution in [0.3, 0.4) is 0 Å². The van der Waals surface area contributed by atoms with Crippen LogP contribution in [0.5, 0.6) is 0 Å². The third-order valence-electron chi connectivity index (χ3n) is 2.52. The summed E-state index contributed by atoms with van der Waals surface area (Å²) in [5.74, 6) is -0.287. The largest absolute Gasteiger partial charge is 0.466 e. The van der Waals surface area contributed by atoms with E-state index in [0.717, 1.165) is 5.56 Å². The zero-order valence-corrected chi connectivity index (χ0v) is 9.53. The van der Waals surface area contributed by atoms with Crippen molar-refractivity contribution in [1.29, 1.82) is 0 Å². The van der Waals surface area contributed by atoms with Crippen LogP contribution in [0.15, 0.2) is 35.3 Å². The van der Waals surface area contributed by atoms with Crippen LogP contribution in [0, 0.1) is 0 Å². The summed E-state index contributed by atoms with van der Waals surface area (Å²) in [6.45, 7) is 2.13. The predicted molar refractivity (Wildman–Crippen MR) is 64.9 cm³/mol. The lowest BCUT2D eigenvalue weighted by Crippen LogP contribution is -2.09. The third-order valence-corrected chi connectivity index (χ3v) is 2.52. The zero-order chi connectivity index (χ0) is 12.3. The van der Waals surface area contributed by atoms with Gasteiger partial charge in [0.15, 0.2) is 5.43 Å². The maximum atomic E-state index is 11.6. The fraction of sp³-hybridized carbons (Fsp3) is 0.231. The third kappa shape index (κ3) is 2.36. The first-order chi connectivity index (χ1) is 8.22. The molecule has 0 aliphatic carbocycles. The molecule has 88 valence electrons. The van der Waals surface area contributed by atoms with Crippen LogP contribution in [0.2, 0.25) is 0 Å². The number of esters is 1. The van der Waals surface area contributed by atoms with E-state index in [4.69, 9.17) is 4.74 Å². The monoisotopic (exact) mass is 231 g/mol. The number of hydrogen-bond acceptors (Lipinski definition) is 3. The number of para-hydroxylation sites is 1. The van der Waals surface area contributed by atoms with Crippen LogP contribution in [-0.2, 0) is 16.0 Å². The molecule has 0 atom stereocenters. The summed E-state index contributed by atoms with van der Waals surface area (Å²) in [6.07, 6.45) is 1.75. The molecule has 2 rings (SSSR count). The summed E-state index contributed by atoms with van der Waals surface area (Å²) in [5.41, 5.74) is 1.43. The fourth-order valence-electron chi connectivity index (χ4n) is 1.78. The Labute approximate surface area is 98.2 Å². The van der Waals surface area contributed by atoms with E-state index in [2.05, 4.69) is 4.98 Å². The molecule has 0 amide bonds. The lowest BCUT2D eigenvalue weighted by molar-refractivity contribution is -0.142. The molecule has 17 heavy (non-hydrogen) atoms. The summed E-state index contributed by atoms with van der Waals surface area (Å²) >= 11 is 0. The summed E-state index contributed by atoms with van der Waals surface area (Å²) in [7, 11) is 0. The zero-order valence-electron chi connectivity index (χ0n) is 9.53. The minimum absolute atomic E-state index is 0.0514. The van der Waals surface area contributed by atoms with Crippen molar-refractivity contribution in [1.82, 2.24) is 4.98 Å². The molecule has 4 heteroatoms. The van der Waals surface area contributed by atoms with Crippen LogP contribution >= 0.6 is 0 Å². The average molecular weight is 231 g/mol. The van der Waals surface area contributed by atoms with Gasteiger partial charge in [-0.05, 0) is 18.6 Å². The number of ether oxygens (including phenoxy) is 1. The number of rotatable bonds is 3. The molecule has 0 saturated carbocycles. The molecule has 1 aromatic heterocycles. The highest BCUT2D eigenvalue weighted by atomic mass is 16.5. The number of H-pyrrole nitrogens is 1. The van der Waals surface area contributed by atoms with E-state index < -0.39 is 0 Å². The van der Waals surface area contributed by atoms with Gasteiger partial charge in [0.1, 0.15) is 0 Å². The van der Waals surface area contributed by atoms with E-state index in [1.165, 1.54) is 6.07 Å². The molecule has 1 aromatic carbocycles. The van der Waals surface area contributed by atoms with Gasteiger partial charge >= 0.3 is 5.97 Å². The number of carbonyl (C=O) groups is 1. The molecule has 0 aliphatic heterocycles. The van der Waals surface area contributed by atoms with Crippen molar-refractivity contribution in [3.05, 3.63) is 46.2 Å². The number of aromatic amines is 1. The van der Waals surface area contributed by atoms with Gasteiger partial charge in [0, 0.05) is 17.6 Å². The maximum absolute atomic E-state index is 11.6. The van der Waals surface area contributed by atoms with Gasteiger partial charge in [-0.2, -0.15) is 0 Å². The lowest BCUT2D eigenvalue weighted by atomic mass is 10.1. The summed E-state index contributed by atoms with van der Waals surface area (Å²) < 4.78 is 4.89. The molecule has 4 nitrogen and oxygen atoms in total. The van der Waals surface area contributed by atoms with Gasteiger partial charge in [-0.15, -0.1) is 0 Å². The summed E-state index contributed by atoms with van der Waals surface area (Å²) in [4.78, 5) is 26.0. The Kier molecular flexibility index (Phi) is 3.23. The van der Waals surface area contributed by atoms with Gasteiger partial charge in [-0.1, -0.05) is 12.1 Å². The van der Waals surface area contributed by atoms with Crippen molar-refractivity contribution in [2.24, 2.45) is 0 Å². The number of aromatic nitrogens is 1. The Morgan fingerprint density at radius 2 is 2.18 bits per heavy atom. The van der Waals surface area contributed by atoms with Crippen LogP contribution in [0.4, 0.5) is 0 Å². The average Bonchev–Trinajstić information content (AvgIpc) is 2.31. The van der Waals surface area contributed by atoms with Gasteiger partial charge in [-0.25, -0.2) is 0 Å². The molecule has 1 heterocycles. The Morgan fingerprint density at radius 3 is 2.94 bits per heavy atom. The van der Waals surface area contributed by atoms with Crippen molar-refractivity contribution in [2.45, 2.75) is 13.3 Å². The number of pyridine rings is 1. The molecule has 0 aliphatic rings. The number of fused-ring (bicyclic) bond motifs is 1. The van der Waals surface area contributed by atoms with E-state index in [9.17, 15) is 9.59 Å². The Balaban J connectivity index is 2.45. The molecule has 0 saturated heterocycles. The van der Waals surface area contributed by atoms with Gasteiger partial charge in [0.2, 0.25) is 0 Å². The molecule has 0 bridgehead atoms. The van der Waals surface area contributed by atoms with Crippen LogP contribution < -0.4 is 5.43 Å². The van der Waals surface area contributed by atoms with E-state index in [1.807, 2.05) is 6.07 Å². The second-order valence-corrected chi connectivity index (χ2v) is 3.66. The fourth-order valence-corrected chi connectivity index (χ4v) is 1.78. The second-order valence-electron chi connectivity index (χ2n) is 3.66. The Bertz CT molecular complexity index is 601. The van der Waals surface area contributed by atoms with Gasteiger partial charge < -0.3 is 9.72 Å². The van der Waals surface area contributed by atoms with Crippen molar-refractivity contribution in [2.75, 3.05) is 6.61 Å². The topological polar surface area (TPSA) is 59.2 Å². The summed E-state index contributed by atoms with van der Waals surface area (Å²) in [6, 6.07) is 6.79. The standard InChI is InChI=1S/C13H13NO3/c1-2-17-12(16)8-9-4-3-5-10-11(15)6-7-14-13(9)10/h3-7H,2,8H2,1H3,(H,14,15). The molecular weight excluding hydrogens is 218 g/mol. The predicted octanol–water partition coefficient (Wildman–Crippen LogP) is 1.63. The van der Waals surface area contributed by atoms with Crippen molar-refractivity contribution >= 4 is 16.9 Å². The summed E-state index contributed by atoms with van der Waals surface area (Å²) in [5, 5.41) is 0.592. The number of hydrogen-bond donors (Lipinski definition) is 1. The SMILES string of the molecule is CCOC(=O)Cc1cccc2c(=O)cc[nH]c12. The first-order valence-corrected chi connectivity index (χ1v) is 5.47. The van der Waals surface area contributed by atoms with Crippen molar-refractivity contribution in [3.8, 4) is 0 Å². The minimum Gasteiger partial charge on any atom is -0.466 e. The van der Waals surface area contributed by atoms with Gasteiger partial charge in [0.05, 0.1) is 18.5 Å². The molecule has 1 N–H and O–H groups in total. The van der Waals surface area contributed by atoms with Crippen LogP contribution in [-0.4, -0.2) is 17.6 Å². The molecule has 0 spiro atoms. The molecule has 0 fully saturated rings. The Morgan fingerprint density at radius 1 is 1.35 bits per heavy atom. The number of nitrogens with one attached hydrogen (secondary N) is 1. The Hall–Kier alpha value is -2.10. The number of benzene rings is 1. The lowest BCUT2D eigenvalue weighted by Gasteiger charge is -2.05. The van der Waals surface area contributed by atoms with Gasteiger partial charge in [-0.3, -0.25) is 9.59 Å². The molecule has 0 unspecified atom stereocenters. The highest BCUT2D eigenvalue weighted by molar-refractivity contribution is 5.85. The highest BCUT2D eigenvalue weighted by Crippen LogP contribution is 2.13. The van der Waals surface area contributed by atoms with Crippen molar-refractivity contribution in [3.63, 3.8) is 0 Å². The molecule has 2 aromatic rings. The molecule has 0 radical (unpaired) electrons. The van der Waals surface area contributed by atoms with Gasteiger partial charge in [0.25, 0.3) is 0 Å².